The molecule has 136 valence electrons. The summed E-state index contributed by atoms with van der Waals surface area (Å²) in [5.41, 5.74) is 1.51. The standard InChI is InChI=1S/C20H17N3O3S/c1-2-25-15-8-5-10-17-18(15)22-20(27-17)23(13-14-7-3-4-11-21-14)19(24)16-9-6-12-26-16/h3-12H,2,13H2,1H3. The fourth-order valence-electron chi connectivity index (χ4n) is 2.71. The van der Waals surface area contributed by atoms with Crippen LogP contribution in [0.5, 0.6) is 5.75 Å². The zero-order valence-electron chi connectivity index (χ0n) is 14.7. The van der Waals surface area contributed by atoms with Crippen molar-refractivity contribution in [2.45, 2.75) is 13.5 Å². The zero-order chi connectivity index (χ0) is 18.6. The highest BCUT2D eigenvalue weighted by molar-refractivity contribution is 7.22. The normalized spacial score (nSPS) is 10.9. The summed E-state index contributed by atoms with van der Waals surface area (Å²) in [6.45, 7) is 2.78. The van der Waals surface area contributed by atoms with Gasteiger partial charge in [0.15, 0.2) is 10.9 Å². The predicted molar refractivity (Wildman–Crippen MR) is 104 cm³/mol. The number of rotatable bonds is 6. The molecule has 0 N–H and O–H groups in total. The van der Waals surface area contributed by atoms with Crippen LogP contribution < -0.4 is 9.64 Å². The number of furan rings is 1. The molecule has 0 saturated heterocycles. The van der Waals surface area contributed by atoms with Crippen molar-refractivity contribution >= 4 is 32.6 Å². The Morgan fingerprint density at radius 2 is 2.11 bits per heavy atom. The second-order valence-corrected chi connectivity index (χ2v) is 6.73. The number of fused-ring (bicyclic) bond motifs is 1. The number of anilines is 1. The van der Waals surface area contributed by atoms with Crippen molar-refractivity contribution in [3.05, 3.63) is 72.4 Å². The average molecular weight is 379 g/mol. The molecule has 0 saturated carbocycles. The second kappa shape index (κ2) is 7.59. The van der Waals surface area contributed by atoms with Gasteiger partial charge in [-0.25, -0.2) is 4.98 Å². The fourth-order valence-corrected chi connectivity index (χ4v) is 3.69. The molecule has 0 atom stereocenters. The number of hydrogen-bond donors (Lipinski definition) is 0. The summed E-state index contributed by atoms with van der Waals surface area (Å²) in [5, 5.41) is 0.573. The number of thiazole rings is 1. The third-order valence-electron chi connectivity index (χ3n) is 3.92. The van der Waals surface area contributed by atoms with E-state index in [9.17, 15) is 4.79 Å². The van der Waals surface area contributed by atoms with Crippen LogP contribution in [0.1, 0.15) is 23.2 Å². The first kappa shape index (κ1) is 17.2. The number of amides is 1. The van der Waals surface area contributed by atoms with Crippen molar-refractivity contribution < 1.29 is 13.9 Å². The third-order valence-corrected chi connectivity index (χ3v) is 4.97. The van der Waals surface area contributed by atoms with Crippen LogP contribution in [0.3, 0.4) is 0 Å². The molecule has 0 aliphatic carbocycles. The number of carbonyl (C=O) groups is 1. The lowest BCUT2D eigenvalue weighted by Crippen LogP contribution is -2.30. The van der Waals surface area contributed by atoms with Gasteiger partial charge in [-0.2, -0.15) is 0 Å². The highest BCUT2D eigenvalue weighted by Crippen LogP contribution is 2.35. The lowest BCUT2D eigenvalue weighted by molar-refractivity contribution is 0.0958. The summed E-state index contributed by atoms with van der Waals surface area (Å²) >= 11 is 1.43. The molecule has 1 amide bonds. The molecule has 4 aromatic rings. The Morgan fingerprint density at radius 3 is 2.85 bits per heavy atom. The molecule has 27 heavy (non-hydrogen) atoms. The Labute approximate surface area is 160 Å². The highest BCUT2D eigenvalue weighted by Gasteiger charge is 2.24. The number of hydrogen-bond acceptors (Lipinski definition) is 6. The summed E-state index contributed by atoms with van der Waals surface area (Å²) in [7, 11) is 0. The second-order valence-electron chi connectivity index (χ2n) is 5.72. The summed E-state index contributed by atoms with van der Waals surface area (Å²) in [6, 6.07) is 14.7. The van der Waals surface area contributed by atoms with E-state index in [4.69, 9.17) is 9.15 Å². The van der Waals surface area contributed by atoms with Crippen LogP contribution in [-0.4, -0.2) is 22.5 Å². The largest absolute Gasteiger partial charge is 0.492 e. The first-order valence-electron chi connectivity index (χ1n) is 8.54. The van der Waals surface area contributed by atoms with Crippen molar-refractivity contribution in [1.29, 1.82) is 0 Å². The maximum absolute atomic E-state index is 13.0. The monoisotopic (exact) mass is 379 g/mol. The maximum atomic E-state index is 13.0. The number of para-hydroxylation sites is 1. The number of carbonyl (C=O) groups excluding carboxylic acids is 1. The molecule has 0 aliphatic heterocycles. The minimum Gasteiger partial charge on any atom is -0.492 e. The van der Waals surface area contributed by atoms with Crippen molar-refractivity contribution in [2.24, 2.45) is 0 Å². The van der Waals surface area contributed by atoms with Gasteiger partial charge in [-0.05, 0) is 43.3 Å². The Bertz CT molecular complexity index is 1040. The van der Waals surface area contributed by atoms with Crippen LogP contribution in [0.2, 0.25) is 0 Å². The summed E-state index contributed by atoms with van der Waals surface area (Å²) in [5.74, 6) is 0.707. The summed E-state index contributed by atoms with van der Waals surface area (Å²) in [4.78, 5) is 23.6. The van der Waals surface area contributed by atoms with Crippen molar-refractivity contribution in [3.63, 3.8) is 0 Å². The number of benzene rings is 1. The van der Waals surface area contributed by atoms with Gasteiger partial charge in [0.25, 0.3) is 5.91 Å². The Balaban J connectivity index is 1.77. The van der Waals surface area contributed by atoms with Crippen molar-refractivity contribution in [1.82, 2.24) is 9.97 Å². The van der Waals surface area contributed by atoms with Gasteiger partial charge >= 0.3 is 0 Å². The molecule has 1 aromatic carbocycles. The Kier molecular flexibility index (Phi) is 4.84. The number of ether oxygens (including phenoxy) is 1. The molecule has 3 aromatic heterocycles. The van der Waals surface area contributed by atoms with E-state index in [0.717, 1.165) is 15.9 Å². The molecular weight excluding hydrogens is 362 g/mol. The quantitative estimate of drug-likeness (QED) is 0.492. The maximum Gasteiger partial charge on any atom is 0.296 e. The molecule has 6 nitrogen and oxygen atoms in total. The lowest BCUT2D eigenvalue weighted by atomic mass is 10.3. The van der Waals surface area contributed by atoms with Crippen LogP contribution in [0.25, 0.3) is 10.2 Å². The molecule has 0 radical (unpaired) electrons. The van der Waals surface area contributed by atoms with Gasteiger partial charge in [0, 0.05) is 6.20 Å². The Morgan fingerprint density at radius 1 is 1.19 bits per heavy atom. The number of nitrogens with zero attached hydrogens (tertiary/aromatic N) is 3. The summed E-state index contributed by atoms with van der Waals surface area (Å²) < 4.78 is 11.9. The van der Waals surface area contributed by atoms with Gasteiger partial charge in [0.1, 0.15) is 11.3 Å². The van der Waals surface area contributed by atoms with E-state index >= 15 is 0 Å². The van der Waals surface area contributed by atoms with Gasteiger partial charge in [-0.3, -0.25) is 14.7 Å². The van der Waals surface area contributed by atoms with Crippen LogP contribution in [0.15, 0.2) is 65.4 Å². The fraction of sp³-hybridized carbons (Fsp3) is 0.150. The molecule has 0 bridgehead atoms. The van der Waals surface area contributed by atoms with E-state index < -0.39 is 0 Å². The minimum absolute atomic E-state index is 0.259. The first-order chi connectivity index (χ1) is 13.3. The van der Waals surface area contributed by atoms with E-state index in [1.807, 2.05) is 43.3 Å². The van der Waals surface area contributed by atoms with Crippen LogP contribution in [0.4, 0.5) is 5.13 Å². The zero-order valence-corrected chi connectivity index (χ0v) is 15.5. The first-order valence-corrected chi connectivity index (χ1v) is 9.35. The van der Waals surface area contributed by atoms with Gasteiger partial charge in [0.2, 0.25) is 0 Å². The van der Waals surface area contributed by atoms with E-state index in [1.165, 1.54) is 17.6 Å². The van der Waals surface area contributed by atoms with Crippen LogP contribution in [-0.2, 0) is 6.54 Å². The molecular formula is C20H17N3O3S. The average Bonchev–Trinajstić information content (AvgIpc) is 3.37. The number of aromatic nitrogens is 2. The molecule has 0 spiro atoms. The molecule has 7 heteroatoms. The van der Waals surface area contributed by atoms with Gasteiger partial charge < -0.3 is 9.15 Å². The molecule has 0 fully saturated rings. The summed E-state index contributed by atoms with van der Waals surface area (Å²) in [6.07, 6.45) is 3.19. The Hall–Kier alpha value is -3.19. The molecule has 0 unspecified atom stereocenters. The van der Waals surface area contributed by atoms with E-state index in [0.29, 0.717) is 24.0 Å². The van der Waals surface area contributed by atoms with Gasteiger partial charge in [0.05, 0.1) is 29.8 Å². The van der Waals surface area contributed by atoms with Gasteiger partial charge in [-0.15, -0.1) is 0 Å². The van der Waals surface area contributed by atoms with Crippen molar-refractivity contribution in [3.8, 4) is 5.75 Å². The van der Waals surface area contributed by atoms with Gasteiger partial charge in [-0.1, -0.05) is 23.5 Å². The minimum atomic E-state index is -0.261. The molecule has 4 rings (SSSR count). The smallest absolute Gasteiger partial charge is 0.296 e. The molecule has 0 aliphatic rings. The van der Waals surface area contributed by atoms with Crippen LogP contribution in [0, 0.1) is 0 Å². The lowest BCUT2D eigenvalue weighted by Gasteiger charge is -2.18. The predicted octanol–water partition coefficient (Wildman–Crippen LogP) is 4.53. The van der Waals surface area contributed by atoms with Crippen LogP contribution >= 0.6 is 11.3 Å². The van der Waals surface area contributed by atoms with E-state index in [1.54, 1.807) is 23.2 Å². The van der Waals surface area contributed by atoms with E-state index in [-0.39, 0.29) is 11.7 Å². The topological polar surface area (TPSA) is 68.5 Å². The van der Waals surface area contributed by atoms with E-state index in [2.05, 4.69) is 9.97 Å². The number of pyridine rings is 1. The SMILES string of the molecule is CCOc1cccc2sc(N(Cc3ccccn3)C(=O)c3ccco3)nc12. The molecule has 3 heterocycles. The third kappa shape index (κ3) is 3.54. The van der Waals surface area contributed by atoms with Crippen molar-refractivity contribution in [2.75, 3.05) is 11.5 Å². The highest BCUT2D eigenvalue weighted by atomic mass is 32.1.